The van der Waals surface area contributed by atoms with E-state index in [4.69, 9.17) is 18.3 Å². The van der Waals surface area contributed by atoms with Crippen molar-refractivity contribution in [2.45, 2.75) is 19.1 Å². The summed E-state index contributed by atoms with van der Waals surface area (Å²) in [6, 6.07) is 5.75. The standard InChI is InChI=1S/C18H22N2O5/c1-14-2-3-16(25-14)8-19-5-7-23-13-18(11-19)12-20(17(21)10-24-18)15-4-6-22-9-15/h2-4,6,9H,5,7-8,10-13H2,1H3/t18-/m0/s1. The predicted molar refractivity (Wildman–Crippen MR) is 89.3 cm³/mol. The average molecular weight is 346 g/mol. The van der Waals surface area contributed by atoms with Crippen molar-refractivity contribution in [2.24, 2.45) is 0 Å². The maximum atomic E-state index is 12.3. The molecule has 25 heavy (non-hydrogen) atoms. The first-order valence-corrected chi connectivity index (χ1v) is 8.46. The van der Waals surface area contributed by atoms with E-state index in [9.17, 15) is 4.79 Å². The van der Waals surface area contributed by atoms with Gasteiger partial charge in [0.15, 0.2) is 0 Å². The Morgan fingerprint density at radius 3 is 2.92 bits per heavy atom. The number of hydrogen-bond acceptors (Lipinski definition) is 6. The molecule has 2 aromatic heterocycles. The fourth-order valence-electron chi connectivity index (χ4n) is 3.45. The van der Waals surface area contributed by atoms with Crippen molar-refractivity contribution in [3.63, 3.8) is 0 Å². The van der Waals surface area contributed by atoms with Gasteiger partial charge >= 0.3 is 0 Å². The summed E-state index contributed by atoms with van der Waals surface area (Å²) in [5, 5.41) is 0. The highest BCUT2D eigenvalue weighted by molar-refractivity contribution is 5.95. The zero-order valence-electron chi connectivity index (χ0n) is 14.3. The van der Waals surface area contributed by atoms with Crippen LogP contribution >= 0.6 is 0 Å². The number of ether oxygens (including phenoxy) is 2. The third kappa shape index (κ3) is 3.49. The first-order valence-electron chi connectivity index (χ1n) is 8.46. The fourth-order valence-corrected chi connectivity index (χ4v) is 3.45. The van der Waals surface area contributed by atoms with E-state index in [1.54, 1.807) is 23.5 Å². The Kier molecular flexibility index (Phi) is 4.37. The largest absolute Gasteiger partial charge is 0.470 e. The topological polar surface area (TPSA) is 68.3 Å². The summed E-state index contributed by atoms with van der Waals surface area (Å²) in [7, 11) is 0. The Bertz CT molecular complexity index is 726. The number of rotatable bonds is 3. The lowest BCUT2D eigenvalue weighted by Gasteiger charge is -2.42. The number of carbonyl (C=O) groups is 1. The van der Waals surface area contributed by atoms with Crippen LogP contribution in [0.3, 0.4) is 0 Å². The lowest BCUT2D eigenvalue weighted by molar-refractivity contribution is -0.146. The molecule has 2 aliphatic heterocycles. The minimum absolute atomic E-state index is 0.0439. The first kappa shape index (κ1) is 16.4. The van der Waals surface area contributed by atoms with Crippen LogP contribution in [-0.4, -0.2) is 55.9 Å². The van der Waals surface area contributed by atoms with Crippen LogP contribution in [0.15, 0.2) is 39.6 Å². The van der Waals surface area contributed by atoms with E-state index in [1.165, 1.54) is 0 Å². The van der Waals surface area contributed by atoms with Gasteiger partial charge in [-0.1, -0.05) is 0 Å². The van der Waals surface area contributed by atoms with E-state index < -0.39 is 5.60 Å². The van der Waals surface area contributed by atoms with E-state index in [-0.39, 0.29) is 12.5 Å². The highest BCUT2D eigenvalue weighted by atomic mass is 16.6. The van der Waals surface area contributed by atoms with Gasteiger partial charge in [-0.2, -0.15) is 0 Å². The van der Waals surface area contributed by atoms with Gasteiger partial charge < -0.3 is 23.2 Å². The molecule has 4 heterocycles. The molecule has 1 atom stereocenters. The van der Waals surface area contributed by atoms with Crippen molar-refractivity contribution >= 4 is 11.6 Å². The summed E-state index contributed by atoms with van der Waals surface area (Å²) in [6.07, 6.45) is 3.15. The second kappa shape index (κ2) is 6.67. The van der Waals surface area contributed by atoms with Crippen molar-refractivity contribution in [3.8, 4) is 0 Å². The maximum Gasteiger partial charge on any atom is 0.253 e. The molecule has 1 spiro atoms. The van der Waals surface area contributed by atoms with Crippen molar-refractivity contribution in [3.05, 3.63) is 42.2 Å². The molecule has 7 heteroatoms. The molecule has 134 valence electrons. The molecule has 2 fully saturated rings. The lowest BCUT2D eigenvalue weighted by atomic mass is 10.0. The van der Waals surface area contributed by atoms with Gasteiger partial charge in [-0.3, -0.25) is 9.69 Å². The number of carbonyl (C=O) groups excluding carboxylic acids is 1. The molecule has 0 bridgehead atoms. The predicted octanol–water partition coefficient (Wildman–Crippen LogP) is 1.82. The van der Waals surface area contributed by atoms with Gasteiger partial charge in [-0.25, -0.2) is 0 Å². The van der Waals surface area contributed by atoms with Crippen LogP contribution in [0.1, 0.15) is 11.5 Å². The summed E-state index contributed by atoms with van der Waals surface area (Å²) in [4.78, 5) is 16.2. The molecular formula is C18H22N2O5. The molecule has 2 saturated heterocycles. The van der Waals surface area contributed by atoms with Crippen LogP contribution in [0.5, 0.6) is 0 Å². The number of hydrogen-bond donors (Lipinski definition) is 0. The van der Waals surface area contributed by atoms with E-state index in [1.807, 2.05) is 19.1 Å². The Morgan fingerprint density at radius 2 is 2.16 bits per heavy atom. The van der Waals surface area contributed by atoms with Gasteiger partial charge in [-0.05, 0) is 19.1 Å². The van der Waals surface area contributed by atoms with Crippen LogP contribution in [0.25, 0.3) is 0 Å². The van der Waals surface area contributed by atoms with Gasteiger partial charge in [-0.15, -0.1) is 0 Å². The zero-order valence-corrected chi connectivity index (χ0v) is 14.3. The number of amides is 1. The van der Waals surface area contributed by atoms with Crippen LogP contribution in [0.4, 0.5) is 5.69 Å². The molecule has 0 aliphatic carbocycles. The van der Waals surface area contributed by atoms with E-state index >= 15 is 0 Å². The molecule has 0 aromatic carbocycles. The number of furan rings is 2. The molecule has 0 radical (unpaired) electrons. The molecule has 1 amide bonds. The third-order valence-electron chi connectivity index (χ3n) is 4.67. The number of morpholine rings is 1. The Hall–Kier alpha value is -2.09. The van der Waals surface area contributed by atoms with E-state index in [2.05, 4.69) is 4.90 Å². The fraction of sp³-hybridized carbons (Fsp3) is 0.500. The van der Waals surface area contributed by atoms with E-state index in [0.29, 0.717) is 32.8 Å². The second-order valence-corrected chi connectivity index (χ2v) is 6.71. The number of anilines is 1. The van der Waals surface area contributed by atoms with Gasteiger partial charge in [0.1, 0.15) is 30.0 Å². The van der Waals surface area contributed by atoms with Crippen LogP contribution in [0, 0.1) is 6.92 Å². The summed E-state index contributed by atoms with van der Waals surface area (Å²) >= 11 is 0. The van der Waals surface area contributed by atoms with Crippen LogP contribution in [0.2, 0.25) is 0 Å². The maximum absolute atomic E-state index is 12.3. The highest BCUT2D eigenvalue weighted by Crippen LogP contribution is 2.28. The Balaban J connectivity index is 1.51. The first-order chi connectivity index (χ1) is 12.1. The van der Waals surface area contributed by atoms with Gasteiger partial charge in [0, 0.05) is 19.2 Å². The van der Waals surface area contributed by atoms with Crippen molar-refractivity contribution in [2.75, 3.05) is 44.4 Å². The monoisotopic (exact) mass is 346 g/mol. The summed E-state index contributed by atoms with van der Waals surface area (Å²) < 4.78 is 22.6. The van der Waals surface area contributed by atoms with Gasteiger partial charge in [0.25, 0.3) is 5.91 Å². The molecule has 2 aliphatic rings. The van der Waals surface area contributed by atoms with Gasteiger partial charge in [0.2, 0.25) is 0 Å². The Labute approximate surface area is 146 Å². The summed E-state index contributed by atoms with van der Waals surface area (Å²) in [6.45, 7) is 5.68. The smallest absolute Gasteiger partial charge is 0.253 e. The lowest BCUT2D eigenvalue weighted by Crippen LogP contribution is -2.60. The van der Waals surface area contributed by atoms with E-state index in [0.717, 1.165) is 23.8 Å². The highest BCUT2D eigenvalue weighted by Gasteiger charge is 2.43. The molecule has 4 rings (SSSR count). The number of aryl methyl sites for hydroxylation is 1. The molecule has 2 aromatic rings. The SMILES string of the molecule is Cc1ccc(CN2CCOC[C@]3(C2)CN(c2ccoc2)C(=O)CO3)o1. The Morgan fingerprint density at radius 1 is 1.24 bits per heavy atom. The second-order valence-electron chi connectivity index (χ2n) is 6.71. The van der Waals surface area contributed by atoms with Crippen molar-refractivity contribution in [1.29, 1.82) is 0 Å². The summed E-state index contributed by atoms with van der Waals surface area (Å²) in [5.41, 5.74) is 0.202. The minimum atomic E-state index is -0.552. The van der Waals surface area contributed by atoms with Crippen molar-refractivity contribution < 1.29 is 23.1 Å². The number of nitrogens with zero attached hydrogens (tertiary/aromatic N) is 2. The van der Waals surface area contributed by atoms with Gasteiger partial charge in [0.05, 0.1) is 38.3 Å². The third-order valence-corrected chi connectivity index (χ3v) is 4.67. The van der Waals surface area contributed by atoms with Crippen molar-refractivity contribution in [1.82, 2.24) is 4.90 Å². The molecular weight excluding hydrogens is 324 g/mol. The summed E-state index contributed by atoms with van der Waals surface area (Å²) in [5.74, 6) is 1.76. The zero-order chi connectivity index (χ0) is 17.3. The average Bonchev–Trinajstić information content (AvgIpc) is 3.22. The molecule has 0 N–H and O–H groups in total. The van der Waals surface area contributed by atoms with Crippen LogP contribution in [-0.2, 0) is 20.8 Å². The quantitative estimate of drug-likeness (QED) is 0.844. The molecule has 0 unspecified atom stereocenters. The molecule has 0 saturated carbocycles. The minimum Gasteiger partial charge on any atom is -0.470 e. The molecule has 7 nitrogen and oxygen atoms in total. The van der Waals surface area contributed by atoms with Crippen LogP contribution < -0.4 is 4.90 Å². The normalized spacial score (nSPS) is 25.5.